The molecule has 0 atom stereocenters. The van der Waals surface area contributed by atoms with Gasteiger partial charge in [-0.2, -0.15) is 9.97 Å². The van der Waals surface area contributed by atoms with Crippen molar-refractivity contribution in [3.63, 3.8) is 0 Å². The summed E-state index contributed by atoms with van der Waals surface area (Å²) in [6.45, 7) is 11.0. The van der Waals surface area contributed by atoms with Crippen molar-refractivity contribution in [3.05, 3.63) is 65.1 Å². The van der Waals surface area contributed by atoms with E-state index in [-0.39, 0.29) is 16.5 Å². The molecule has 0 N–H and O–H groups in total. The number of anilines is 2. The average Bonchev–Trinajstić information content (AvgIpc) is 3.00. The number of aromatic nitrogens is 2. The van der Waals surface area contributed by atoms with Gasteiger partial charge < -0.3 is 19.4 Å². The predicted octanol–water partition coefficient (Wildman–Crippen LogP) is 5.07. The van der Waals surface area contributed by atoms with E-state index in [4.69, 9.17) is 26.3 Å². The Kier molecular flexibility index (Phi) is 7.98. The highest BCUT2D eigenvalue weighted by Gasteiger charge is 2.35. The maximum Gasteiger partial charge on any atom is 0.318 e. The third-order valence-electron chi connectivity index (χ3n) is 9.35. The van der Waals surface area contributed by atoms with Gasteiger partial charge in [-0.1, -0.05) is 36.4 Å². The van der Waals surface area contributed by atoms with Crippen LogP contribution >= 0.6 is 11.6 Å². The van der Waals surface area contributed by atoms with E-state index in [0.29, 0.717) is 57.3 Å². The number of rotatable bonds is 8. The van der Waals surface area contributed by atoms with Gasteiger partial charge in [0.15, 0.2) is 0 Å². The zero-order valence-corrected chi connectivity index (χ0v) is 25.2. The lowest BCUT2D eigenvalue weighted by Gasteiger charge is -2.46. The molecule has 3 heterocycles. The first-order chi connectivity index (χ1) is 20.3. The van der Waals surface area contributed by atoms with Crippen LogP contribution in [0.2, 0.25) is 5.02 Å². The summed E-state index contributed by atoms with van der Waals surface area (Å²) >= 11 is 6.48. The van der Waals surface area contributed by atoms with Crippen molar-refractivity contribution in [2.45, 2.75) is 44.7 Å². The Hall–Kier alpha value is -3.43. The molecule has 3 aliphatic rings. The molecule has 0 bridgehead atoms. The van der Waals surface area contributed by atoms with Gasteiger partial charge in [-0.3, -0.25) is 9.69 Å². The Bertz CT molecular complexity index is 1500. The quantitative estimate of drug-likeness (QED) is 0.338. The molecule has 2 aliphatic heterocycles. The van der Waals surface area contributed by atoms with Crippen molar-refractivity contribution in [1.29, 1.82) is 0 Å². The average molecular weight is 593 g/mol. The normalized spacial score (nSPS) is 18.2. The Morgan fingerprint density at radius 3 is 2.64 bits per heavy atom. The summed E-state index contributed by atoms with van der Waals surface area (Å²) in [6, 6.07) is 9.46. The minimum atomic E-state index is -0.427. The second-order valence-electron chi connectivity index (χ2n) is 11.8. The predicted molar refractivity (Wildman–Crippen MR) is 165 cm³/mol. The van der Waals surface area contributed by atoms with Gasteiger partial charge in [0.05, 0.1) is 17.3 Å². The standard InChI is InChI=1S/C32H38ClFN6O2/c1-4-27(41)38-15-17-39(18-16-38)30-23-11-14-40(26-8-5-7-22-9-10-24(34)29(33)28(22)26)21-25(23)35-31(36-30)42-20-19-37(3)32(2)12-6-13-32/h4-5,7-10H,1,6,11-21H2,2-3H3. The number of amides is 1. The minimum absolute atomic E-state index is 0.0477. The van der Waals surface area contributed by atoms with Gasteiger partial charge >= 0.3 is 6.01 Å². The van der Waals surface area contributed by atoms with Crippen LogP contribution in [-0.4, -0.2) is 84.1 Å². The number of hydrogen-bond acceptors (Lipinski definition) is 7. The maximum atomic E-state index is 14.5. The van der Waals surface area contributed by atoms with E-state index in [1.807, 2.05) is 23.1 Å². The minimum Gasteiger partial charge on any atom is -0.462 e. The molecule has 1 saturated heterocycles. The van der Waals surface area contributed by atoms with Crippen molar-refractivity contribution in [2.75, 3.05) is 62.7 Å². The van der Waals surface area contributed by atoms with Crippen LogP contribution in [0.4, 0.5) is 15.9 Å². The molecule has 3 aromatic rings. The number of ether oxygens (including phenoxy) is 1. The second kappa shape index (κ2) is 11.7. The van der Waals surface area contributed by atoms with Gasteiger partial charge in [-0.25, -0.2) is 4.39 Å². The molecule has 42 heavy (non-hydrogen) atoms. The SMILES string of the molecule is C=CC(=O)N1CCN(c2nc(OCCN(C)C3(C)CCC3)nc3c2CCN(c2cccc4ccc(F)c(Cl)c24)C3)CC1. The smallest absolute Gasteiger partial charge is 0.318 e. The fourth-order valence-corrected chi connectivity index (χ4v) is 6.63. The first-order valence-corrected chi connectivity index (χ1v) is 15.2. The van der Waals surface area contributed by atoms with E-state index < -0.39 is 5.82 Å². The topological polar surface area (TPSA) is 65.0 Å². The molecule has 1 aliphatic carbocycles. The van der Waals surface area contributed by atoms with Crippen molar-refractivity contribution in [1.82, 2.24) is 19.8 Å². The molecule has 10 heteroatoms. The molecule has 8 nitrogen and oxygen atoms in total. The zero-order valence-electron chi connectivity index (χ0n) is 24.4. The maximum absolute atomic E-state index is 14.5. The summed E-state index contributed by atoms with van der Waals surface area (Å²) in [5.41, 5.74) is 3.12. The van der Waals surface area contributed by atoms with E-state index in [9.17, 15) is 9.18 Å². The third kappa shape index (κ3) is 5.40. The van der Waals surface area contributed by atoms with Gasteiger partial charge in [0.1, 0.15) is 18.2 Å². The summed E-state index contributed by atoms with van der Waals surface area (Å²) in [6.07, 6.45) is 5.79. The highest BCUT2D eigenvalue weighted by atomic mass is 35.5. The second-order valence-corrected chi connectivity index (χ2v) is 12.2. The Morgan fingerprint density at radius 2 is 1.93 bits per heavy atom. The van der Waals surface area contributed by atoms with E-state index in [1.165, 1.54) is 31.4 Å². The number of piperazine rings is 1. The van der Waals surface area contributed by atoms with Crippen LogP contribution in [-0.2, 0) is 17.8 Å². The van der Waals surface area contributed by atoms with Crippen LogP contribution in [0.25, 0.3) is 10.8 Å². The van der Waals surface area contributed by atoms with Gasteiger partial charge in [-0.05, 0) is 63.2 Å². The van der Waals surface area contributed by atoms with Crippen LogP contribution in [0.15, 0.2) is 43.0 Å². The number of benzene rings is 2. The van der Waals surface area contributed by atoms with Crippen LogP contribution in [0.5, 0.6) is 6.01 Å². The summed E-state index contributed by atoms with van der Waals surface area (Å²) in [7, 11) is 2.15. The van der Waals surface area contributed by atoms with E-state index >= 15 is 0 Å². The van der Waals surface area contributed by atoms with E-state index in [1.54, 1.807) is 6.07 Å². The first kappa shape index (κ1) is 28.7. The monoisotopic (exact) mass is 592 g/mol. The van der Waals surface area contributed by atoms with Crippen molar-refractivity contribution < 1.29 is 13.9 Å². The van der Waals surface area contributed by atoms with Crippen LogP contribution in [0.1, 0.15) is 37.4 Å². The summed E-state index contributed by atoms with van der Waals surface area (Å²) < 4.78 is 20.7. The highest BCUT2D eigenvalue weighted by molar-refractivity contribution is 6.36. The molecule has 1 saturated carbocycles. The fraction of sp³-hybridized carbons (Fsp3) is 0.469. The first-order valence-electron chi connectivity index (χ1n) is 14.8. The third-order valence-corrected chi connectivity index (χ3v) is 9.72. The molecule has 1 aromatic heterocycles. The highest BCUT2D eigenvalue weighted by Crippen LogP contribution is 2.38. The summed E-state index contributed by atoms with van der Waals surface area (Å²) in [5, 5.41) is 1.75. The van der Waals surface area contributed by atoms with Crippen LogP contribution < -0.4 is 14.5 Å². The molecule has 1 amide bonds. The Balaban J connectivity index is 1.28. The van der Waals surface area contributed by atoms with Crippen molar-refractivity contribution >= 4 is 39.8 Å². The number of likely N-dealkylation sites (N-methyl/N-ethyl adjacent to an activating group) is 1. The van der Waals surface area contributed by atoms with Gasteiger partial charge in [0, 0.05) is 61.4 Å². The summed E-state index contributed by atoms with van der Waals surface area (Å²) in [5.74, 6) is 0.402. The van der Waals surface area contributed by atoms with Crippen LogP contribution in [0.3, 0.4) is 0 Å². The number of hydrogen-bond donors (Lipinski definition) is 0. The van der Waals surface area contributed by atoms with Gasteiger partial charge in [-0.15, -0.1) is 0 Å². The van der Waals surface area contributed by atoms with Gasteiger partial charge in [0.2, 0.25) is 5.91 Å². The number of carbonyl (C=O) groups is 1. The number of halogens is 2. The summed E-state index contributed by atoms with van der Waals surface area (Å²) in [4.78, 5) is 30.6. The molecule has 6 rings (SSSR count). The van der Waals surface area contributed by atoms with Crippen molar-refractivity contribution in [3.8, 4) is 6.01 Å². The zero-order chi connectivity index (χ0) is 29.4. The number of fused-ring (bicyclic) bond motifs is 2. The molecule has 2 fully saturated rings. The lowest BCUT2D eigenvalue weighted by Crippen LogP contribution is -2.50. The van der Waals surface area contributed by atoms with E-state index in [0.717, 1.165) is 41.1 Å². The molecule has 0 radical (unpaired) electrons. The lowest BCUT2D eigenvalue weighted by molar-refractivity contribution is -0.126. The Labute approximate surface area is 251 Å². The molecule has 2 aromatic carbocycles. The number of nitrogens with zero attached hydrogens (tertiary/aromatic N) is 6. The largest absolute Gasteiger partial charge is 0.462 e. The molecular formula is C32H38ClFN6O2. The molecular weight excluding hydrogens is 555 g/mol. The number of carbonyl (C=O) groups excluding carboxylic acids is 1. The Morgan fingerprint density at radius 1 is 1.14 bits per heavy atom. The van der Waals surface area contributed by atoms with Crippen LogP contribution in [0, 0.1) is 5.82 Å². The van der Waals surface area contributed by atoms with E-state index in [2.05, 4.69) is 35.3 Å². The molecule has 0 unspecified atom stereocenters. The lowest BCUT2D eigenvalue weighted by atomic mass is 9.77. The molecule has 222 valence electrons. The van der Waals surface area contributed by atoms with Gasteiger partial charge in [0.25, 0.3) is 0 Å². The fourth-order valence-electron chi connectivity index (χ4n) is 6.36. The van der Waals surface area contributed by atoms with Crippen molar-refractivity contribution in [2.24, 2.45) is 0 Å². The molecule has 0 spiro atoms.